The van der Waals surface area contributed by atoms with Crippen molar-refractivity contribution < 1.29 is 4.74 Å². The average molecular weight is 329 g/mol. The molecule has 2 nitrogen and oxygen atoms in total. The lowest BCUT2D eigenvalue weighted by atomic mass is 10.1. The lowest BCUT2D eigenvalue weighted by Crippen LogP contribution is -1.96. The highest BCUT2D eigenvalue weighted by Crippen LogP contribution is 2.21. The van der Waals surface area contributed by atoms with Gasteiger partial charge in [0.15, 0.2) is 0 Å². The van der Waals surface area contributed by atoms with E-state index < -0.39 is 0 Å². The van der Waals surface area contributed by atoms with E-state index in [1.807, 2.05) is 54.7 Å². The van der Waals surface area contributed by atoms with Gasteiger partial charge in [0, 0.05) is 6.21 Å². The Bertz CT molecular complexity index is 779. The monoisotopic (exact) mass is 329 g/mol. The van der Waals surface area contributed by atoms with Crippen molar-refractivity contribution in [2.24, 2.45) is 4.99 Å². The topological polar surface area (TPSA) is 21.6 Å². The minimum absolute atomic E-state index is 0.204. The molecule has 0 bridgehead atoms. The van der Waals surface area contributed by atoms with E-state index in [0.717, 1.165) is 17.7 Å². The number of nitrogens with zero attached hydrogens (tertiary/aromatic N) is 1. The summed E-state index contributed by atoms with van der Waals surface area (Å²) in [5, 5.41) is 0. The second-order valence-electron chi connectivity index (χ2n) is 5.96. The van der Waals surface area contributed by atoms with Crippen LogP contribution in [0.2, 0.25) is 0 Å². The molecular formula is C23H23NO. The van der Waals surface area contributed by atoms with Crippen molar-refractivity contribution in [2.75, 3.05) is 0 Å². The quantitative estimate of drug-likeness (QED) is 0.499. The maximum absolute atomic E-state index is 5.82. The van der Waals surface area contributed by atoms with E-state index in [-0.39, 0.29) is 6.04 Å². The molecule has 0 aliphatic rings. The summed E-state index contributed by atoms with van der Waals surface area (Å²) in [6.07, 6.45) is 2.93. The van der Waals surface area contributed by atoms with Crippen molar-refractivity contribution in [1.29, 1.82) is 0 Å². The lowest BCUT2D eigenvalue weighted by Gasteiger charge is -2.10. The van der Waals surface area contributed by atoms with Crippen LogP contribution in [0.25, 0.3) is 0 Å². The van der Waals surface area contributed by atoms with Gasteiger partial charge in [-0.1, -0.05) is 67.6 Å². The number of hydrogen-bond donors (Lipinski definition) is 0. The molecule has 126 valence electrons. The molecule has 0 saturated carbocycles. The van der Waals surface area contributed by atoms with Crippen LogP contribution in [0.4, 0.5) is 0 Å². The van der Waals surface area contributed by atoms with Crippen molar-refractivity contribution in [1.82, 2.24) is 0 Å². The third kappa shape index (κ3) is 5.05. The summed E-state index contributed by atoms with van der Waals surface area (Å²) in [6.45, 7) is 2.75. The van der Waals surface area contributed by atoms with E-state index in [1.165, 1.54) is 11.1 Å². The SMILES string of the molecule is CCC(N=Cc1ccc(OCc2ccccc2)cc1)c1ccccc1. The van der Waals surface area contributed by atoms with Crippen LogP contribution < -0.4 is 4.74 Å². The van der Waals surface area contributed by atoms with Gasteiger partial charge in [-0.2, -0.15) is 0 Å². The Kier molecular flexibility index (Phi) is 6.00. The molecular weight excluding hydrogens is 306 g/mol. The number of rotatable bonds is 7. The minimum atomic E-state index is 0.204. The molecule has 2 heteroatoms. The molecule has 3 aromatic carbocycles. The number of benzene rings is 3. The van der Waals surface area contributed by atoms with Gasteiger partial charge in [0.05, 0.1) is 6.04 Å². The zero-order chi connectivity index (χ0) is 17.3. The number of aliphatic imine (C=N–C) groups is 1. The van der Waals surface area contributed by atoms with Crippen LogP contribution in [-0.2, 0) is 6.61 Å². The van der Waals surface area contributed by atoms with Gasteiger partial charge in [0.1, 0.15) is 12.4 Å². The van der Waals surface area contributed by atoms with Gasteiger partial charge in [-0.3, -0.25) is 4.99 Å². The number of hydrogen-bond acceptors (Lipinski definition) is 2. The van der Waals surface area contributed by atoms with E-state index in [0.29, 0.717) is 6.61 Å². The van der Waals surface area contributed by atoms with Gasteiger partial charge in [-0.05, 0) is 47.4 Å². The zero-order valence-corrected chi connectivity index (χ0v) is 14.5. The summed E-state index contributed by atoms with van der Waals surface area (Å²) in [4.78, 5) is 4.74. The molecule has 0 radical (unpaired) electrons. The number of ether oxygens (including phenoxy) is 1. The lowest BCUT2D eigenvalue weighted by molar-refractivity contribution is 0.306. The predicted molar refractivity (Wildman–Crippen MR) is 104 cm³/mol. The first-order valence-corrected chi connectivity index (χ1v) is 8.70. The smallest absolute Gasteiger partial charge is 0.119 e. The molecule has 0 aliphatic carbocycles. The molecule has 1 unspecified atom stereocenters. The van der Waals surface area contributed by atoms with Crippen LogP contribution in [0.3, 0.4) is 0 Å². The molecule has 0 N–H and O–H groups in total. The van der Waals surface area contributed by atoms with Crippen LogP contribution in [-0.4, -0.2) is 6.21 Å². The van der Waals surface area contributed by atoms with Gasteiger partial charge in [0.2, 0.25) is 0 Å². The third-order valence-corrected chi connectivity index (χ3v) is 4.10. The van der Waals surface area contributed by atoms with E-state index in [2.05, 4.69) is 43.3 Å². The van der Waals surface area contributed by atoms with E-state index in [9.17, 15) is 0 Å². The maximum Gasteiger partial charge on any atom is 0.119 e. The summed E-state index contributed by atoms with van der Waals surface area (Å²) in [7, 11) is 0. The highest BCUT2D eigenvalue weighted by molar-refractivity contribution is 5.80. The minimum Gasteiger partial charge on any atom is -0.489 e. The molecule has 0 spiro atoms. The molecule has 3 rings (SSSR count). The van der Waals surface area contributed by atoms with Gasteiger partial charge < -0.3 is 4.74 Å². The second-order valence-corrected chi connectivity index (χ2v) is 5.96. The van der Waals surface area contributed by atoms with E-state index in [1.54, 1.807) is 0 Å². The van der Waals surface area contributed by atoms with Crippen molar-refractivity contribution in [3.05, 3.63) is 102 Å². The van der Waals surface area contributed by atoms with Crippen molar-refractivity contribution in [3.63, 3.8) is 0 Å². The second kappa shape index (κ2) is 8.84. The highest BCUT2D eigenvalue weighted by atomic mass is 16.5. The predicted octanol–water partition coefficient (Wildman–Crippen LogP) is 5.84. The molecule has 0 amide bonds. The Balaban J connectivity index is 1.60. The summed E-state index contributed by atoms with van der Waals surface area (Å²) in [6, 6.07) is 28.9. The fourth-order valence-corrected chi connectivity index (χ4v) is 2.67. The molecule has 1 atom stereocenters. The van der Waals surface area contributed by atoms with Crippen molar-refractivity contribution in [3.8, 4) is 5.75 Å². The van der Waals surface area contributed by atoms with Crippen LogP contribution in [0.1, 0.15) is 36.1 Å². The first kappa shape index (κ1) is 17.0. The van der Waals surface area contributed by atoms with Crippen LogP contribution in [0, 0.1) is 0 Å². The summed E-state index contributed by atoms with van der Waals surface area (Å²) < 4.78 is 5.82. The highest BCUT2D eigenvalue weighted by Gasteiger charge is 2.05. The van der Waals surface area contributed by atoms with Crippen LogP contribution in [0.5, 0.6) is 5.75 Å². The summed E-state index contributed by atoms with van der Waals surface area (Å²) in [5.74, 6) is 0.871. The van der Waals surface area contributed by atoms with E-state index >= 15 is 0 Å². The Morgan fingerprint density at radius 2 is 1.48 bits per heavy atom. The largest absolute Gasteiger partial charge is 0.489 e. The normalized spacial score (nSPS) is 12.2. The fraction of sp³-hybridized carbons (Fsp3) is 0.174. The molecule has 0 fully saturated rings. The first-order chi connectivity index (χ1) is 12.3. The average Bonchev–Trinajstić information content (AvgIpc) is 2.69. The van der Waals surface area contributed by atoms with E-state index in [4.69, 9.17) is 9.73 Å². The Hall–Kier alpha value is -2.87. The van der Waals surface area contributed by atoms with Gasteiger partial charge in [-0.15, -0.1) is 0 Å². The Labute approximate surface area is 149 Å². The Morgan fingerprint density at radius 3 is 2.12 bits per heavy atom. The van der Waals surface area contributed by atoms with Gasteiger partial charge in [-0.25, -0.2) is 0 Å². The zero-order valence-electron chi connectivity index (χ0n) is 14.5. The molecule has 3 aromatic rings. The third-order valence-electron chi connectivity index (χ3n) is 4.10. The fourth-order valence-electron chi connectivity index (χ4n) is 2.67. The van der Waals surface area contributed by atoms with Gasteiger partial charge >= 0.3 is 0 Å². The van der Waals surface area contributed by atoms with Crippen molar-refractivity contribution in [2.45, 2.75) is 26.0 Å². The summed E-state index contributed by atoms with van der Waals surface area (Å²) >= 11 is 0. The standard InChI is InChI=1S/C23H23NO/c1-2-23(21-11-7-4-8-12-21)24-17-19-13-15-22(16-14-19)25-18-20-9-5-3-6-10-20/h3-17,23H,2,18H2,1H3. The first-order valence-electron chi connectivity index (χ1n) is 8.70. The molecule has 0 saturated heterocycles. The maximum atomic E-state index is 5.82. The Morgan fingerprint density at radius 1 is 0.840 bits per heavy atom. The molecule has 0 aromatic heterocycles. The molecule has 0 aliphatic heterocycles. The molecule has 0 heterocycles. The summed E-state index contributed by atoms with van der Waals surface area (Å²) in [5.41, 5.74) is 3.51. The van der Waals surface area contributed by atoms with Crippen LogP contribution in [0.15, 0.2) is 89.9 Å². The van der Waals surface area contributed by atoms with Crippen LogP contribution >= 0.6 is 0 Å². The van der Waals surface area contributed by atoms with Crippen molar-refractivity contribution >= 4 is 6.21 Å². The molecule has 25 heavy (non-hydrogen) atoms. The van der Waals surface area contributed by atoms with Gasteiger partial charge in [0.25, 0.3) is 0 Å².